The maximum Gasteiger partial charge on any atom is 0.340 e. The fourth-order valence-corrected chi connectivity index (χ4v) is 1.94. The number of esters is 1. The first-order valence-electron chi connectivity index (χ1n) is 5.16. The van der Waals surface area contributed by atoms with Gasteiger partial charge < -0.3 is 4.74 Å². The van der Waals surface area contributed by atoms with Crippen molar-refractivity contribution >= 4 is 17.6 Å². The predicted octanol–water partition coefficient (Wildman–Crippen LogP) is 3.79. The molecule has 0 atom stereocenters. The normalized spacial score (nSPS) is 10.0. The monoisotopic (exact) mass is 246 g/mol. The van der Waals surface area contributed by atoms with Crippen molar-refractivity contribution in [2.75, 3.05) is 7.11 Å². The van der Waals surface area contributed by atoms with E-state index in [1.165, 1.54) is 7.11 Å². The number of hydrogen-bond donors (Lipinski definition) is 0. The van der Waals surface area contributed by atoms with Crippen LogP contribution in [-0.4, -0.2) is 13.1 Å². The first-order chi connectivity index (χ1) is 8.24. The molecule has 0 N–H and O–H groups in total. The van der Waals surface area contributed by atoms with Crippen LogP contribution in [0.5, 0.6) is 0 Å². The lowest BCUT2D eigenvalue weighted by atomic mass is 10.00. The van der Waals surface area contributed by atoms with Crippen LogP contribution in [0.15, 0.2) is 48.5 Å². The fourth-order valence-electron chi connectivity index (χ4n) is 1.69. The van der Waals surface area contributed by atoms with Crippen molar-refractivity contribution < 1.29 is 9.53 Å². The van der Waals surface area contributed by atoms with E-state index in [9.17, 15) is 4.79 Å². The van der Waals surface area contributed by atoms with E-state index in [2.05, 4.69) is 0 Å². The van der Waals surface area contributed by atoms with E-state index in [-0.39, 0.29) is 0 Å². The number of halogens is 1. The highest BCUT2D eigenvalue weighted by molar-refractivity contribution is 6.34. The van der Waals surface area contributed by atoms with Crippen LogP contribution in [0, 0.1) is 0 Å². The van der Waals surface area contributed by atoms with Gasteiger partial charge in [0.1, 0.15) is 0 Å². The molecular formula is C14H11ClO2. The van der Waals surface area contributed by atoms with Gasteiger partial charge >= 0.3 is 5.97 Å². The molecule has 0 aromatic heterocycles. The minimum absolute atomic E-state index is 0.401. The van der Waals surface area contributed by atoms with Gasteiger partial charge in [-0.2, -0.15) is 0 Å². The summed E-state index contributed by atoms with van der Waals surface area (Å²) in [6, 6.07) is 15.0. The standard InChI is InChI=1S/C14H11ClO2/c1-17-14(16)13-11(8-5-9-12(13)15)10-6-3-2-4-7-10/h2-9H,1H3. The van der Waals surface area contributed by atoms with Crippen LogP contribution in [0.4, 0.5) is 0 Å². The molecule has 86 valence electrons. The van der Waals surface area contributed by atoms with Gasteiger partial charge in [0.05, 0.1) is 17.7 Å². The summed E-state index contributed by atoms with van der Waals surface area (Å²) in [5, 5.41) is 0.401. The second-order valence-corrected chi connectivity index (χ2v) is 3.93. The quantitative estimate of drug-likeness (QED) is 0.754. The second-order valence-electron chi connectivity index (χ2n) is 3.52. The Hall–Kier alpha value is -1.80. The van der Waals surface area contributed by atoms with E-state index < -0.39 is 5.97 Å². The zero-order valence-corrected chi connectivity index (χ0v) is 10.1. The van der Waals surface area contributed by atoms with Gasteiger partial charge in [0.25, 0.3) is 0 Å². The Balaban J connectivity index is 2.62. The molecule has 2 nitrogen and oxygen atoms in total. The van der Waals surface area contributed by atoms with Gasteiger partial charge in [-0.3, -0.25) is 0 Å². The second kappa shape index (κ2) is 5.02. The molecule has 0 amide bonds. The lowest BCUT2D eigenvalue weighted by Gasteiger charge is -2.09. The third kappa shape index (κ3) is 2.32. The Labute approximate surface area is 105 Å². The lowest BCUT2D eigenvalue weighted by Crippen LogP contribution is -2.04. The van der Waals surface area contributed by atoms with Crippen molar-refractivity contribution in [3.05, 3.63) is 59.1 Å². The van der Waals surface area contributed by atoms with Crippen molar-refractivity contribution in [2.45, 2.75) is 0 Å². The van der Waals surface area contributed by atoms with Gasteiger partial charge in [0.2, 0.25) is 0 Å². The minimum Gasteiger partial charge on any atom is -0.465 e. The molecule has 0 saturated heterocycles. The van der Waals surface area contributed by atoms with Gasteiger partial charge in [0.15, 0.2) is 0 Å². The van der Waals surface area contributed by atoms with Gasteiger partial charge in [-0.15, -0.1) is 0 Å². The molecule has 0 saturated carbocycles. The van der Waals surface area contributed by atoms with Gasteiger partial charge in [-0.1, -0.05) is 54.1 Å². The molecule has 0 fully saturated rings. The van der Waals surface area contributed by atoms with E-state index in [1.807, 2.05) is 42.5 Å². The predicted molar refractivity (Wildman–Crippen MR) is 68.2 cm³/mol. The van der Waals surface area contributed by atoms with E-state index in [0.717, 1.165) is 11.1 Å². The molecule has 2 aromatic carbocycles. The zero-order chi connectivity index (χ0) is 12.3. The van der Waals surface area contributed by atoms with E-state index in [0.29, 0.717) is 10.6 Å². The van der Waals surface area contributed by atoms with Crippen LogP contribution in [0.1, 0.15) is 10.4 Å². The molecule has 2 aromatic rings. The van der Waals surface area contributed by atoms with E-state index in [4.69, 9.17) is 16.3 Å². The summed E-state index contributed by atoms with van der Waals surface area (Å²) in [7, 11) is 1.35. The number of carbonyl (C=O) groups excluding carboxylic acids is 1. The third-order valence-electron chi connectivity index (χ3n) is 2.49. The van der Waals surface area contributed by atoms with Crippen LogP contribution in [-0.2, 0) is 4.74 Å². The Morgan fingerprint density at radius 1 is 1.06 bits per heavy atom. The van der Waals surface area contributed by atoms with E-state index >= 15 is 0 Å². The van der Waals surface area contributed by atoms with Crippen molar-refractivity contribution in [3.63, 3.8) is 0 Å². The van der Waals surface area contributed by atoms with Crippen LogP contribution in [0.3, 0.4) is 0 Å². The number of benzene rings is 2. The van der Waals surface area contributed by atoms with Crippen LogP contribution in [0.2, 0.25) is 5.02 Å². The number of hydrogen-bond acceptors (Lipinski definition) is 2. The first-order valence-corrected chi connectivity index (χ1v) is 5.54. The van der Waals surface area contributed by atoms with Crippen LogP contribution >= 0.6 is 11.6 Å². The molecule has 0 aliphatic rings. The summed E-state index contributed by atoms with van der Waals surface area (Å²) in [4.78, 5) is 11.7. The van der Waals surface area contributed by atoms with Crippen molar-refractivity contribution in [3.8, 4) is 11.1 Å². The topological polar surface area (TPSA) is 26.3 Å². The number of carbonyl (C=O) groups is 1. The molecule has 0 aliphatic carbocycles. The highest BCUT2D eigenvalue weighted by atomic mass is 35.5. The van der Waals surface area contributed by atoms with Gasteiger partial charge in [-0.25, -0.2) is 4.79 Å². The number of methoxy groups -OCH3 is 1. The van der Waals surface area contributed by atoms with Gasteiger partial charge in [-0.05, 0) is 17.2 Å². The summed E-state index contributed by atoms with van der Waals surface area (Å²) in [6.07, 6.45) is 0. The van der Waals surface area contributed by atoms with Crippen LogP contribution in [0.25, 0.3) is 11.1 Å². The summed E-state index contributed by atoms with van der Waals surface area (Å²) < 4.78 is 4.76. The summed E-state index contributed by atoms with van der Waals surface area (Å²) in [5.74, 6) is -0.422. The fraction of sp³-hybridized carbons (Fsp3) is 0.0714. The smallest absolute Gasteiger partial charge is 0.340 e. The Kier molecular flexibility index (Phi) is 3.45. The van der Waals surface area contributed by atoms with Crippen LogP contribution < -0.4 is 0 Å². The molecule has 17 heavy (non-hydrogen) atoms. The largest absolute Gasteiger partial charge is 0.465 e. The summed E-state index contributed by atoms with van der Waals surface area (Å²) >= 11 is 6.05. The molecule has 0 aliphatic heterocycles. The molecule has 2 rings (SSSR count). The average Bonchev–Trinajstić information content (AvgIpc) is 2.38. The summed E-state index contributed by atoms with van der Waals surface area (Å²) in [6.45, 7) is 0. The molecule has 3 heteroatoms. The SMILES string of the molecule is COC(=O)c1c(Cl)cccc1-c1ccccc1. The third-order valence-corrected chi connectivity index (χ3v) is 2.80. The van der Waals surface area contributed by atoms with E-state index in [1.54, 1.807) is 6.07 Å². The average molecular weight is 247 g/mol. The molecule has 0 bridgehead atoms. The highest BCUT2D eigenvalue weighted by Crippen LogP contribution is 2.29. The first kappa shape index (κ1) is 11.7. The molecule has 0 unspecified atom stereocenters. The minimum atomic E-state index is -0.422. The Bertz CT molecular complexity index is 535. The maximum absolute atomic E-state index is 11.7. The zero-order valence-electron chi connectivity index (χ0n) is 9.31. The van der Waals surface area contributed by atoms with Crippen molar-refractivity contribution in [2.24, 2.45) is 0 Å². The maximum atomic E-state index is 11.7. The molecule has 0 spiro atoms. The Morgan fingerprint density at radius 2 is 1.76 bits per heavy atom. The highest BCUT2D eigenvalue weighted by Gasteiger charge is 2.16. The lowest BCUT2D eigenvalue weighted by molar-refractivity contribution is 0.0602. The number of rotatable bonds is 2. The molecule has 0 heterocycles. The number of ether oxygens (including phenoxy) is 1. The van der Waals surface area contributed by atoms with Gasteiger partial charge in [0, 0.05) is 0 Å². The summed E-state index contributed by atoms with van der Waals surface area (Å²) in [5.41, 5.74) is 2.13. The molecular weight excluding hydrogens is 236 g/mol. The molecule has 0 radical (unpaired) electrons. The Morgan fingerprint density at radius 3 is 2.41 bits per heavy atom. The van der Waals surface area contributed by atoms with Crippen molar-refractivity contribution in [1.29, 1.82) is 0 Å². The van der Waals surface area contributed by atoms with Crippen molar-refractivity contribution in [1.82, 2.24) is 0 Å².